The van der Waals surface area contributed by atoms with Gasteiger partial charge in [-0.3, -0.25) is 4.79 Å². The Hall–Kier alpha value is -3.89. The molecule has 0 saturated carbocycles. The Labute approximate surface area is 254 Å². The maximum atomic E-state index is 13.6. The first-order chi connectivity index (χ1) is 20.5. The number of ether oxygens (including phenoxy) is 3. The second-order valence-electron chi connectivity index (χ2n) is 11.5. The first-order valence-corrected chi connectivity index (χ1v) is 15.8. The van der Waals surface area contributed by atoms with Crippen LogP contribution >= 0.6 is 0 Å². The normalized spacial score (nSPS) is 15.0. The molecule has 0 bridgehead atoms. The summed E-state index contributed by atoms with van der Waals surface area (Å²) in [5.74, 6) is 0.00542. The quantitative estimate of drug-likeness (QED) is 0.306. The maximum Gasteiger partial charge on any atom is 0.410 e. The van der Waals surface area contributed by atoms with Gasteiger partial charge in [-0.25, -0.2) is 13.2 Å². The van der Waals surface area contributed by atoms with E-state index in [4.69, 9.17) is 14.2 Å². The molecule has 0 unspecified atom stereocenters. The van der Waals surface area contributed by atoms with Crippen LogP contribution in [0.3, 0.4) is 0 Å². The van der Waals surface area contributed by atoms with E-state index < -0.39 is 27.4 Å². The van der Waals surface area contributed by atoms with Crippen molar-refractivity contribution in [1.82, 2.24) is 10.2 Å². The third kappa shape index (κ3) is 8.58. The summed E-state index contributed by atoms with van der Waals surface area (Å²) in [7, 11) is -2.31. The Morgan fingerprint density at radius 3 is 2.19 bits per heavy atom. The van der Waals surface area contributed by atoms with Crippen LogP contribution in [0.2, 0.25) is 0 Å². The molecule has 0 aliphatic carbocycles. The molecule has 10 heteroatoms. The zero-order chi connectivity index (χ0) is 31.0. The fourth-order valence-corrected chi connectivity index (χ4v) is 6.51. The number of hydrogen-bond acceptors (Lipinski definition) is 8. The standard InChI is InChI=1S/C33H40N2O7S/c1-33(2,3)42-32(37)35-20-18-25(19-21-35)30(31(36)41-23-24-10-6-5-7-11-24)34-22-26-12-8-9-13-29(26)43(38,39)28-16-14-27(40-4)15-17-28/h5-17,25,30,34H,18-23H2,1-4H3/t30-/m1/s1. The minimum Gasteiger partial charge on any atom is -0.497 e. The maximum absolute atomic E-state index is 13.6. The van der Waals surface area contributed by atoms with Crippen LogP contribution in [-0.4, -0.2) is 57.2 Å². The number of amides is 1. The third-order valence-electron chi connectivity index (χ3n) is 7.28. The molecule has 1 saturated heterocycles. The zero-order valence-electron chi connectivity index (χ0n) is 25.1. The van der Waals surface area contributed by atoms with E-state index in [9.17, 15) is 18.0 Å². The van der Waals surface area contributed by atoms with Gasteiger partial charge in [-0.1, -0.05) is 48.5 Å². The fraction of sp³-hybridized carbons (Fsp3) is 0.394. The molecule has 1 aliphatic heterocycles. The van der Waals surface area contributed by atoms with Gasteiger partial charge in [-0.05, 0) is 81.0 Å². The van der Waals surface area contributed by atoms with E-state index >= 15 is 0 Å². The summed E-state index contributed by atoms with van der Waals surface area (Å²) in [5, 5.41) is 3.31. The van der Waals surface area contributed by atoms with Gasteiger partial charge in [0, 0.05) is 19.6 Å². The molecule has 1 N–H and O–H groups in total. The van der Waals surface area contributed by atoms with Gasteiger partial charge in [0.2, 0.25) is 9.84 Å². The number of esters is 1. The topological polar surface area (TPSA) is 111 Å². The van der Waals surface area contributed by atoms with Gasteiger partial charge >= 0.3 is 12.1 Å². The monoisotopic (exact) mass is 608 g/mol. The molecule has 0 radical (unpaired) electrons. The number of rotatable bonds is 10. The molecule has 0 spiro atoms. The number of carbonyl (C=O) groups is 2. The molecular weight excluding hydrogens is 568 g/mol. The Kier molecular flexibility index (Phi) is 10.5. The number of carbonyl (C=O) groups excluding carboxylic acids is 2. The van der Waals surface area contributed by atoms with Crippen molar-refractivity contribution in [2.45, 2.75) is 68.2 Å². The number of likely N-dealkylation sites (tertiary alicyclic amines) is 1. The third-order valence-corrected chi connectivity index (χ3v) is 9.15. The first kappa shape index (κ1) is 32.0. The molecule has 1 aliphatic rings. The molecule has 3 aromatic carbocycles. The van der Waals surface area contributed by atoms with Crippen LogP contribution in [0.5, 0.6) is 5.75 Å². The average molecular weight is 609 g/mol. The van der Waals surface area contributed by atoms with Gasteiger partial charge in [-0.15, -0.1) is 0 Å². The smallest absolute Gasteiger partial charge is 0.410 e. The lowest BCUT2D eigenvalue weighted by molar-refractivity contribution is -0.149. The number of methoxy groups -OCH3 is 1. The SMILES string of the molecule is COc1ccc(S(=O)(=O)c2ccccc2CN[C@@H](C(=O)OCc2ccccc2)C2CCN(C(=O)OC(C)(C)C)CC2)cc1. The number of sulfone groups is 1. The number of hydrogen-bond donors (Lipinski definition) is 1. The average Bonchev–Trinajstić information content (AvgIpc) is 3.00. The molecule has 1 heterocycles. The van der Waals surface area contributed by atoms with E-state index in [0.717, 1.165) is 5.56 Å². The lowest BCUT2D eigenvalue weighted by Gasteiger charge is -2.36. The van der Waals surface area contributed by atoms with E-state index in [2.05, 4.69) is 5.32 Å². The van der Waals surface area contributed by atoms with Crippen molar-refractivity contribution in [3.63, 3.8) is 0 Å². The number of nitrogens with zero attached hydrogens (tertiary/aromatic N) is 1. The van der Waals surface area contributed by atoms with Crippen molar-refractivity contribution in [1.29, 1.82) is 0 Å². The summed E-state index contributed by atoms with van der Waals surface area (Å²) < 4.78 is 43.6. The predicted octanol–water partition coefficient (Wildman–Crippen LogP) is 5.38. The molecule has 1 amide bonds. The van der Waals surface area contributed by atoms with Crippen LogP contribution in [0.25, 0.3) is 0 Å². The largest absolute Gasteiger partial charge is 0.497 e. The highest BCUT2D eigenvalue weighted by molar-refractivity contribution is 7.91. The van der Waals surface area contributed by atoms with Crippen LogP contribution < -0.4 is 10.1 Å². The summed E-state index contributed by atoms with van der Waals surface area (Å²) >= 11 is 0. The minimum atomic E-state index is -3.84. The van der Waals surface area contributed by atoms with Gasteiger partial charge < -0.3 is 24.4 Å². The Morgan fingerprint density at radius 2 is 1.56 bits per heavy atom. The van der Waals surface area contributed by atoms with E-state index in [1.807, 2.05) is 51.1 Å². The van der Waals surface area contributed by atoms with Crippen molar-refractivity contribution in [2.24, 2.45) is 5.92 Å². The number of benzene rings is 3. The van der Waals surface area contributed by atoms with E-state index in [-0.39, 0.29) is 35.0 Å². The lowest BCUT2D eigenvalue weighted by atomic mass is 9.89. The molecule has 0 aromatic heterocycles. The van der Waals surface area contributed by atoms with Crippen molar-refractivity contribution >= 4 is 21.9 Å². The Morgan fingerprint density at radius 1 is 0.930 bits per heavy atom. The van der Waals surface area contributed by atoms with E-state index in [1.165, 1.54) is 19.2 Å². The highest BCUT2D eigenvalue weighted by Crippen LogP contribution is 2.28. The molecule has 43 heavy (non-hydrogen) atoms. The highest BCUT2D eigenvalue weighted by Gasteiger charge is 2.35. The van der Waals surface area contributed by atoms with Gasteiger partial charge in [0.25, 0.3) is 0 Å². The van der Waals surface area contributed by atoms with Crippen LogP contribution in [0, 0.1) is 5.92 Å². The van der Waals surface area contributed by atoms with Gasteiger partial charge in [0.1, 0.15) is 24.0 Å². The fourth-order valence-electron chi connectivity index (χ4n) is 5.02. The second-order valence-corrected chi connectivity index (χ2v) is 13.5. The Bertz CT molecular complexity index is 1480. The summed E-state index contributed by atoms with van der Waals surface area (Å²) in [6, 6.07) is 21.7. The second kappa shape index (κ2) is 14.1. The van der Waals surface area contributed by atoms with Crippen LogP contribution in [0.1, 0.15) is 44.7 Å². The van der Waals surface area contributed by atoms with Crippen LogP contribution in [0.15, 0.2) is 88.7 Å². The lowest BCUT2D eigenvalue weighted by Crippen LogP contribution is -2.49. The van der Waals surface area contributed by atoms with Crippen molar-refractivity contribution in [3.8, 4) is 5.75 Å². The van der Waals surface area contributed by atoms with Crippen LogP contribution in [-0.2, 0) is 37.3 Å². The highest BCUT2D eigenvalue weighted by atomic mass is 32.2. The summed E-state index contributed by atoms with van der Waals surface area (Å²) in [6.07, 6.45) is 0.742. The van der Waals surface area contributed by atoms with Gasteiger partial charge in [0.15, 0.2) is 0 Å². The molecular formula is C33H40N2O7S. The molecule has 1 fully saturated rings. The molecule has 3 aromatic rings. The van der Waals surface area contributed by atoms with Crippen LogP contribution in [0.4, 0.5) is 4.79 Å². The molecule has 1 atom stereocenters. The minimum absolute atomic E-state index is 0.122. The molecule has 4 rings (SSSR count). The van der Waals surface area contributed by atoms with E-state index in [0.29, 0.717) is 37.2 Å². The predicted molar refractivity (Wildman–Crippen MR) is 162 cm³/mol. The molecule has 9 nitrogen and oxygen atoms in total. The summed E-state index contributed by atoms with van der Waals surface area (Å²) in [5.41, 5.74) is 0.800. The molecule has 230 valence electrons. The van der Waals surface area contributed by atoms with Gasteiger partial charge in [0.05, 0.1) is 16.9 Å². The van der Waals surface area contributed by atoms with Crippen molar-refractivity contribution in [3.05, 3.63) is 90.0 Å². The van der Waals surface area contributed by atoms with E-state index in [1.54, 1.807) is 41.3 Å². The first-order valence-electron chi connectivity index (χ1n) is 14.4. The van der Waals surface area contributed by atoms with Crippen molar-refractivity contribution < 1.29 is 32.2 Å². The van der Waals surface area contributed by atoms with Crippen molar-refractivity contribution in [2.75, 3.05) is 20.2 Å². The van der Waals surface area contributed by atoms with Gasteiger partial charge in [-0.2, -0.15) is 0 Å². The summed E-state index contributed by atoms with van der Waals surface area (Å²) in [6.45, 7) is 6.60. The Balaban J connectivity index is 1.51. The zero-order valence-corrected chi connectivity index (χ0v) is 25.9. The number of nitrogens with one attached hydrogen (secondary N) is 1. The number of piperidine rings is 1. The summed E-state index contributed by atoms with van der Waals surface area (Å²) in [4.78, 5) is 28.1.